The molecule has 3 aromatic rings. The summed E-state index contributed by atoms with van der Waals surface area (Å²) in [4.78, 5) is 15.0. The number of aromatic nitrogens is 4. The minimum atomic E-state index is 0.218. The summed E-state index contributed by atoms with van der Waals surface area (Å²) >= 11 is 0. The van der Waals surface area contributed by atoms with E-state index in [0.717, 1.165) is 37.3 Å². The fourth-order valence-corrected chi connectivity index (χ4v) is 3.29. The van der Waals surface area contributed by atoms with Crippen LogP contribution in [-0.4, -0.2) is 32.6 Å². The van der Waals surface area contributed by atoms with Crippen LogP contribution in [0.25, 0.3) is 11.0 Å². The number of piperidine rings is 1. The molecule has 1 unspecified atom stereocenters. The smallest absolute Gasteiger partial charge is 0.223 e. The fraction of sp³-hybridized carbons (Fsp3) is 0.312. The Morgan fingerprint density at radius 1 is 1.13 bits per heavy atom. The molecule has 0 aliphatic carbocycles. The van der Waals surface area contributed by atoms with Crippen LogP contribution in [0.1, 0.15) is 18.9 Å². The highest BCUT2D eigenvalue weighted by Crippen LogP contribution is 2.28. The summed E-state index contributed by atoms with van der Waals surface area (Å²) < 4.78 is 2.26. The predicted octanol–water partition coefficient (Wildman–Crippen LogP) is 1.83. The number of anilines is 3. The lowest BCUT2D eigenvalue weighted by molar-refractivity contribution is 0.411. The first-order chi connectivity index (χ1) is 11.2. The van der Waals surface area contributed by atoms with Crippen LogP contribution in [0.15, 0.2) is 36.7 Å². The Kier molecular flexibility index (Phi) is 3.25. The first kappa shape index (κ1) is 13.8. The molecule has 23 heavy (non-hydrogen) atoms. The van der Waals surface area contributed by atoms with E-state index in [0.29, 0.717) is 11.9 Å². The number of nitrogens with two attached hydrogens (primary N) is 2. The molecule has 1 aliphatic rings. The van der Waals surface area contributed by atoms with Crippen LogP contribution >= 0.6 is 0 Å². The van der Waals surface area contributed by atoms with Gasteiger partial charge >= 0.3 is 0 Å². The third-order valence-electron chi connectivity index (χ3n) is 4.34. The normalized spacial score (nSPS) is 18.4. The summed E-state index contributed by atoms with van der Waals surface area (Å²) in [6.07, 6.45) is 4.13. The predicted molar refractivity (Wildman–Crippen MR) is 91.1 cm³/mol. The van der Waals surface area contributed by atoms with Crippen LogP contribution in [0.2, 0.25) is 0 Å². The van der Waals surface area contributed by atoms with Gasteiger partial charge in [0.25, 0.3) is 0 Å². The van der Waals surface area contributed by atoms with Crippen molar-refractivity contribution >= 4 is 28.6 Å². The maximum atomic E-state index is 5.80. The van der Waals surface area contributed by atoms with Gasteiger partial charge in [-0.3, -0.25) is 0 Å². The Balaban J connectivity index is 1.64. The first-order valence-corrected chi connectivity index (χ1v) is 7.77. The van der Waals surface area contributed by atoms with Crippen molar-refractivity contribution in [1.82, 2.24) is 19.5 Å². The van der Waals surface area contributed by atoms with Gasteiger partial charge in [0, 0.05) is 19.2 Å². The summed E-state index contributed by atoms with van der Waals surface area (Å²) in [5.74, 6) is 1.42. The standard InChI is InChI=1S/C16H19N7/c17-14-8-15(21-16(18)20-14)22-7-3-4-11(9-22)23-10-19-12-5-1-2-6-13(12)23/h1-2,5-6,8,10-11H,3-4,7,9H2,(H4,17,18,20,21). The van der Waals surface area contributed by atoms with Crippen LogP contribution in [0.5, 0.6) is 0 Å². The van der Waals surface area contributed by atoms with Crippen molar-refractivity contribution in [1.29, 1.82) is 0 Å². The summed E-state index contributed by atoms with van der Waals surface area (Å²) in [6, 6.07) is 10.4. The van der Waals surface area contributed by atoms with E-state index in [1.807, 2.05) is 24.5 Å². The van der Waals surface area contributed by atoms with Gasteiger partial charge in [-0.2, -0.15) is 9.97 Å². The second-order valence-corrected chi connectivity index (χ2v) is 5.89. The minimum Gasteiger partial charge on any atom is -0.383 e. The number of nitrogen functional groups attached to an aromatic ring is 2. The first-order valence-electron chi connectivity index (χ1n) is 7.77. The molecular weight excluding hydrogens is 290 g/mol. The van der Waals surface area contributed by atoms with Gasteiger partial charge in [-0.15, -0.1) is 0 Å². The molecule has 1 aliphatic heterocycles. The molecule has 0 saturated carbocycles. The second kappa shape index (κ2) is 5.42. The molecule has 0 spiro atoms. The number of fused-ring (bicyclic) bond motifs is 1. The molecule has 118 valence electrons. The van der Waals surface area contributed by atoms with Gasteiger partial charge in [-0.1, -0.05) is 12.1 Å². The number of hydrogen-bond donors (Lipinski definition) is 2. The summed E-state index contributed by atoms with van der Waals surface area (Å²) in [5.41, 5.74) is 13.7. The lowest BCUT2D eigenvalue weighted by Gasteiger charge is -2.34. The number of hydrogen-bond acceptors (Lipinski definition) is 6. The Labute approximate surface area is 134 Å². The Morgan fingerprint density at radius 3 is 2.87 bits per heavy atom. The molecule has 0 bridgehead atoms. The van der Waals surface area contributed by atoms with E-state index in [9.17, 15) is 0 Å². The molecule has 4 N–H and O–H groups in total. The quantitative estimate of drug-likeness (QED) is 0.749. The molecule has 3 heterocycles. The topological polar surface area (TPSA) is 98.9 Å². The highest BCUT2D eigenvalue weighted by Gasteiger charge is 2.23. The van der Waals surface area contributed by atoms with E-state index < -0.39 is 0 Å². The van der Waals surface area contributed by atoms with Gasteiger partial charge in [0.2, 0.25) is 5.95 Å². The third-order valence-corrected chi connectivity index (χ3v) is 4.34. The van der Waals surface area contributed by atoms with E-state index in [4.69, 9.17) is 11.5 Å². The molecule has 4 rings (SSSR count). The molecular formula is C16H19N7. The zero-order chi connectivity index (χ0) is 15.8. The van der Waals surface area contributed by atoms with Gasteiger partial charge in [0.1, 0.15) is 11.6 Å². The number of benzene rings is 1. The van der Waals surface area contributed by atoms with E-state index in [1.54, 1.807) is 6.07 Å². The van der Waals surface area contributed by atoms with Crippen molar-refractivity contribution in [2.24, 2.45) is 0 Å². The van der Waals surface area contributed by atoms with Crippen molar-refractivity contribution in [3.05, 3.63) is 36.7 Å². The number of rotatable bonds is 2. The van der Waals surface area contributed by atoms with Gasteiger partial charge < -0.3 is 20.9 Å². The molecule has 1 fully saturated rings. The van der Waals surface area contributed by atoms with Gasteiger partial charge in [-0.25, -0.2) is 4.98 Å². The number of imidazole rings is 1. The summed E-state index contributed by atoms with van der Waals surface area (Å²) in [6.45, 7) is 1.80. The molecule has 7 nitrogen and oxygen atoms in total. The summed E-state index contributed by atoms with van der Waals surface area (Å²) in [7, 11) is 0. The SMILES string of the molecule is Nc1cc(N2CCCC(n3cnc4ccccc43)C2)nc(N)n1. The maximum Gasteiger partial charge on any atom is 0.223 e. The van der Waals surface area contributed by atoms with Crippen molar-refractivity contribution in [2.75, 3.05) is 29.5 Å². The van der Waals surface area contributed by atoms with Crippen LogP contribution < -0.4 is 16.4 Å². The fourth-order valence-electron chi connectivity index (χ4n) is 3.29. The Morgan fingerprint density at radius 2 is 2.00 bits per heavy atom. The lowest BCUT2D eigenvalue weighted by atomic mass is 10.1. The maximum absolute atomic E-state index is 5.80. The van der Waals surface area contributed by atoms with E-state index >= 15 is 0 Å². The molecule has 0 amide bonds. The van der Waals surface area contributed by atoms with Gasteiger partial charge in [-0.05, 0) is 25.0 Å². The monoisotopic (exact) mass is 309 g/mol. The summed E-state index contributed by atoms with van der Waals surface area (Å²) in [5, 5.41) is 0. The highest BCUT2D eigenvalue weighted by molar-refractivity contribution is 5.75. The van der Waals surface area contributed by atoms with Crippen LogP contribution in [0.3, 0.4) is 0 Å². The molecule has 1 saturated heterocycles. The van der Waals surface area contributed by atoms with Gasteiger partial charge in [0.05, 0.1) is 23.4 Å². The van der Waals surface area contributed by atoms with Crippen molar-refractivity contribution in [2.45, 2.75) is 18.9 Å². The zero-order valence-electron chi connectivity index (χ0n) is 12.8. The van der Waals surface area contributed by atoms with E-state index in [-0.39, 0.29) is 5.95 Å². The Bertz CT molecular complexity index is 821. The van der Waals surface area contributed by atoms with Crippen molar-refractivity contribution in [3.63, 3.8) is 0 Å². The van der Waals surface area contributed by atoms with Crippen LogP contribution in [0.4, 0.5) is 17.6 Å². The van der Waals surface area contributed by atoms with Crippen LogP contribution in [-0.2, 0) is 0 Å². The third kappa shape index (κ3) is 2.54. The van der Waals surface area contributed by atoms with Gasteiger partial charge in [0.15, 0.2) is 0 Å². The Hall–Kier alpha value is -2.83. The number of para-hydroxylation sites is 2. The van der Waals surface area contributed by atoms with Crippen LogP contribution in [0, 0.1) is 0 Å². The largest absolute Gasteiger partial charge is 0.383 e. The average Bonchev–Trinajstić information content (AvgIpc) is 2.98. The molecule has 1 atom stereocenters. The molecule has 2 aromatic heterocycles. The zero-order valence-corrected chi connectivity index (χ0v) is 12.8. The number of nitrogens with zero attached hydrogens (tertiary/aromatic N) is 5. The van der Waals surface area contributed by atoms with E-state index in [1.165, 1.54) is 5.52 Å². The molecule has 1 aromatic carbocycles. The molecule has 7 heteroatoms. The average molecular weight is 309 g/mol. The minimum absolute atomic E-state index is 0.218. The second-order valence-electron chi connectivity index (χ2n) is 5.89. The lowest BCUT2D eigenvalue weighted by Crippen LogP contribution is -2.37. The highest BCUT2D eigenvalue weighted by atomic mass is 15.2. The molecule has 0 radical (unpaired) electrons. The van der Waals surface area contributed by atoms with E-state index in [2.05, 4.69) is 30.5 Å². The van der Waals surface area contributed by atoms with Crippen molar-refractivity contribution < 1.29 is 0 Å². The van der Waals surface area contributed by atoms with Crippen molar-refractivity contribution in [3.8, 4) is 0 Å².